The average Bonchev–Trinajstić information content (AvgIpc) is 2.75. The van der Waals surface area contributed by atoms with Crippen LogP contribution in [-0.2, 0) is 0 Å². The molecule has 1 aromatic heterocycles. The predicted octanol–water partition coefficient (Wildman–Crippen LogP) is 4.97. The molecule has 0 radical (unpaired) electrons. The lowest BCUT2D eigenvalue weighted by Crippen LogP contribution is -1.90. The lowest BCUT2D eigenvalue weighted by Gasteiger charge is -2.05. The highest BCUT2D eigenvalue weighted by atomic mass is 32.1. The van der Waals surface area contributed by atoms with Crippen LogP contribution in [0.15, 0.2) is 36.4 Å². The summed E-state index contributed by atoms with van der Waals surface area (Å²) >= 11 is 1.69. The van der Waals surface area contributed by atoms with Gasteiger partial charge in [-0.05, 0) is 61.7 Å². The molecule has 96 valence electrons. The zero-order chi connectivity index (χ0) is 13.4. The van der Waals surface area contributed by atoms with Crippen LogP contribution in [0, 0.1) is 20.8 Å². The van der Waals surface area contributed by atoms with Crippen molar-refractivity contribution in [2.24, 2.45) is 0 Å². The van der Waals surface area contributed by atoms with E-state index in [9.17, 15) is 0 Å². The predicted molar refractivity (Wildman–Crippen MR) is 83.6 cm³/mol. The molecule has 3 heteroatoms. The van der Waals surface area contributed by atoms with Crippen molar-refractivity contribution in [2.45, 2.75) is 20.8 Å². The summed E-state index contributed by atoms with van der Waals surface area (Å²) in [6, 6.07) is 12.7. The second kappa shape index (κ2) is 4.67. The fraction of sp³-hybridized carbons (Fsp3) is 0.188. The molecule has 0 spiro atoms. The third kappa shape index (κ3) is 2.47. The van der Waals surface area contributed by atoms with E-state index >= 15 is 0 Å². The van der Waals surface area contributed by atoms with Gasteiger partial charge in [0.25, 0.3) is 0 Å². The normalized spacial score (nSPS) is 10.9. The van der Waals surface area contributed by atoms with E-state index in [0.717, 1.165) is 16.3 Å². The van der Waals surface area contributed by atoms with Gasteiger partial charge in [0, 0.05) is 5.69 Å². The maximum absolute atomic E-state index is 4.61. The van der Waals surface area contributed by atoms with Crippen LogP contribution in [0.1, 0.15) is 16.7 Å². The van der Waals surface area contributed by atoms with Gasteiger partial charge in [0.1, 0.15) is 0 Å². The van der Waals surface area contributed by atoms with Crippen molar-refractivity contribution in [3.05, 3.63) is 53.1 Å². The Labute approximate surface area is 117 Å². The van der Waals surface area contributed by atoms with E-state index in [4.69, 9.17) is 0 Å². The van der Waals surface area contributed by atoms with E-state index in [1.54, 1.807) is 11.3 Å². The Bertz CT molecular complexity index is 744. The highest BCUT2D eigenvalue weighted by molar-refractivity contribution is 7.22. The number of hydrogen-bond acceptors (Lipinski definition) is 3. The van der Waals surface area contributed by atoms with Gasteiger partial charge >= 0.3 is 0 Å². The summed E-state index contributed by atoms with van der Waals surface area (Å²) in [4.78, 5) is 4.61. The molecule has 0 fully saturated rings. The average molecular weight is 268 g/mol. The van der Waals surface area contributed by atoms with E-state index in [-0.39, 0.29) is 0 Å². The maximum atomic E-state index is 4.61. The summed E-state index contributed by atoms with van der Waals surface area (Å²) in [5.41, 5.74) is 6.03. The summed E-state index contributed by atoms with van der Waals surface area (Å²) in [5, 5.41) is 4.34. The lowest BCUT2D eigenvalue weighted by molar-refractivity contribution is 1.33. The second-order valence-corrected chi connectivity index (χ2v) is 5.94. The molecule has 1 heterocycles. The number of aromatic nitrogens is 1. The van der Waals surface area contributed by atoms with Crippen LogP contribution >= 0.6 is 11.3 Å². The molecule has 3 rings (SSSR count). The molecule has 2 aromatic carbocycles. The molecule has 0 amide bonds. The third-order valence-corrected chi connectivity index (χ3v) is 4.24. The van der Waals surface area contributed by atoms with Gasteiger partial charge in [-0.15, -0.1) is 0 Å². The minimum Gasteiger partial charge on any atom is -0.332 e. The Morgan fingerprint density at radius 2 is 1.79 bits per heavy atom. The summed E-state index contributed by atoms with van der Waals surface area (Å²) < 4.78 is 1.23. The molecule has 0 aliphatic rings. The van der Waals surface area contributed by atoms with Crippen LogP contribution in [0.2, 0.25) is 0 Å². The smallest absolute Gasteiger partial charge is 0.188 e. The van der Waals surface area contributed by atoms with Gasteiger partial charge in [0.2, 0.25) is 0 Å². The molecule has 1 N–H and O–H groups in total. The zero-order valence-corrected chi connectivity index (χ0v) is 12.1. The van der Waals surface area contributed by atoms with Crippen molar-refractivity contribution < 1.29 is 0 Å². The van der Waals surface area contributed by atoms with Gasteiger partial charge in [-0.2, -0.15) is 0 Å². The monoisotopic (exact) mass is 268 g/mol. The number of thiazole rings is 1. The van der Waals surface area contributed by atoms with Crippen LogP contribution in [0.4, 0.5) is 10.8 Å². The first-order valence-electron chi connectivity index (χ1n) is 6.33. The zero-order valence-electron chi connectivity index (χ0n) is 11.3. The van der Waals surface area contributed by atoms with Gasteiger partial charge in [-0.1, -0.05) is 23.5 Å². The van der Waals surface area contributed by atoms with Gasteiger partial charge in [-0.3, -0.25) is 0 Å². The molecule has 0 saturated heterocycles. The fourth-order valence-electron chi connectivity index (χ4n) is 2.03. The van der Waals surface area contributed by atoms with Crippen molar-refractivity contribution in [1.82, 2.24) is 4.98 Å². The van der Waals surface area contributed by atoms with E-state index in [2.05, 4.69) is 67.5 Å². The van der Waals surface area contributed by atoms with E-state index in [1.807, 2.05) is 0 Å². The molecule has 0 bridgehead atoms. The van der Waals surface area contributed by atoms with Crippen LogP contribution < -0.4 is 5.32 Å². The van der Waals surface area contributed by atoms with Gasteiger partial charge in [-0.25, -0.2) is 4.98 Å². The van der Waals surface area contributed by atoms with E-state index < -0.39 is 0 Å². The fourth-order valence-corrected chi connectivity index (χ4v) is 3.01. The van der Waals surface area contributed by atoms with Gasteiger partial charge in [0.05, 0.1) is 10.2 Å². The number of aryl methyl sites for hydroxylation is 3. The number of nitrogens with zero attached hydrogens (tertiary/aromatic N) is 1. The maximum Gasteiger partial charge on any atom is 0.188 e. The van der Waals surface area contributed by atoms with Gasteiger partial charge < -0.3 is 5.32 Å². The largest absolute Gasteiger partial charge is 0.332 e. The van der Waals surface area contributed by atoms with Crippen LogP contribution in [-0.4, -0.2) is 4.98 Å². The minimum absolute atomic E-state index is 0.948. The first-order valence-corrected chi connectivity index (χ1v) is 7.15. The highest BCUT2D eigenvalue weighted by Crippen LogP contribution is 2.29. The summed E-state index contributed by atoms with van der Waals surface area (Å²) in [6.07, 6.45) is 0. The number of fused-ring (bicyclic) bond motifs is 1. The molecule has 0 saturated carbocycles. The second-order valence-electron chi connectivity index (χ2n) is 4.91. The van der Waals surface area contributed by atoms with Crippen LogP contribution in [0.25, 0.3) is 10.2 Å². The van der Waals surface area contributed by atoms with Crippen molar-refractivity contribution in [1.29, 1.82) is 0 Å². The minimum atomic E-state index is 0.948. The molecular formula is C16H16N2S. The number of anilines is 2. The van der Waals surface area contributed by atoms with Crippen molar-refractivity contribution in [2.75, 3.05) is 5.32 Å². The standard InChI is InChI=1S/C16H16N2S/c1-10-4-7-14-15(8-10)19-16(18-14)17-13-6-5-11(2)12(3)9-13/h4-9H,1-3H3,(H,17,18). The summed E-state index contributed by atoms with van der Waals surface area (Å²) in [5.74, 6) is 0. The number of rotatable bonds is 2. The molecular weight excluding hydrogens is 252 g/mol. The number of benzene rings is 2. The Hall–Kier alpha value is -1.87. The highest BCUT2D eigenvalue weighted by Gasteiger charge is 2.04. The number of hydrogen-bond donors (Lipinski definition) is 1. The van der Waals surface area contributed by atoms with Crippen molar-refractivity contribution in [3.8, 4) is 0 Å². The quantitative estimate of drug-likeness (QED) is 0.710. The van der Waals surface area contributed by atoms with Crippen LogP contribution in [0.5, 0.6) is 0 Å². The topological polar surface area (TPSA) is 24.9 Å². The molecule has 19 heavy (non-hydrogen) atoms. The first-order chi connectivity index (χ1) is 9.11. The van der Waals surface area contributed by atoms with Crippen LogP contribution in [0.3, 0.4) is 0 Å². The first kappa shape index (κ1) is 12.2. The molecule has 0 unspecified atom stereocenters. The molecule has 0 aliphatic heterocycles. The van der Waals surface area contributed by atoms with E-state index in [1.165, 1.54) is 21.4 Å². The van der Waals surface area contributed by atoms with Crippen molar-refractivity contribution >= 4 is 32.4 Å². The molecule has 3 aromatic rings. The molecule has 0 aliphatic carbocycles. The molecule has 2 nitrogen and oxygen atoms in total. The Balaban J connectivity index is 1.94. The Morgan fingerprint density at radius 1 is 0.947 bits per heavy atom. The Morgan fingerprint density at radius 3 is 2.58 bits per heavy atom. The summed E-state index contributed by atoms with van der Waals surface area (Å²) in [7, 11) is 0. The van der Waals surface area contributed by atoms with Gasteiger partial charge in [0.15, 0.2) is 5.13 Å². The summed E-state index contributed by atoms with van der Waals surface area (Å²) in [6.45, 7) is 6.36. The van der Waals surface area contributed by atoms with Crippen molar-refractivity contribution in [3.63, 3.8) is 0 Å². The van der Waals surface area contributed by atoms with E-state index in [0.29, 0.717) is 0 Å². The Kier molecular flexibility index (Phi) is 2.99. The SMILES string of the molecule is Cc1ccc2nc(Nc3ccc(C)c(C)c3)sc2c1. The third-order valence-electron chi connectivity index (χ3n) is 3.30. The lowest BCUT2D eigenvalue weighted by atomic mass is 10.1. The number of nitrogens with one attached hydrogen (secondary N) is 1. The molecule has 0 atom stereocenters.